The second kappa shape index (κ2) is 4.99. The van der Waals surface area contributed by atoms with Crippen molar-refractivity contribution < 1.29 is 0 Å². The van der Waals surface area contributed by atoms with Crippen molar-refractivity contribution in [2.75, 3.05) is 0 Å². The fourth-order valence-electron chi connectivity index (χ4n) is 0.960. The number of hydrogen-bond donors (Lipinski definition) is 1. The molecule has 0 amide bonds. The van der Waals surface area contributed by atoms with E-state index in [4.69, 9.17) is 0 Å². The zero-order chi connectivity index (χ0) is 8.81. The molecule has 0 aromatic heterocycles. The van der Waals surface area contributed by atoms with Crippen molar-refractivity contribution in [2.24, 2.45) is 4.99 Å². The summed E-state index contributed by atoms with van der Waals surface area (Å²) >= 11 is 4.23. The van der Waals surface area contributed by atoms with Crippen LogP contribution in [0.4, 0.5) is 5.69 Å². The summed E-state index contributed by atoms with van der Waals surface area (Å²) in [6, 6.07) is 8.07. The second-order valence-electron chi connectivity index (χ2n) is 2.51. The third-order valence-corrected chi connectivity index (χ3v) is 1.92. The van der Waals surface area contributed by atoms with Gasteiger partial charge in [0.2, 0.25) is 0 Å². The predicted molar refractivity (Wildman–Crippen MR) is 57.6 cm³/mol. The van der Waals surface area contributed by atoms with E-state index in [0.29, 0.717) is 0 Å². The van der Waals surface area contributed by atoms with Gasteiger partial charge in [-0.3, -0.25) is 4.99 Å². The molecule has 1 aromatic rings. The number of hydrogen-bond acceptors (Lipinski definition) is 2. The van der Waals surface area contributed by atoms with E-state index < -0.39 is 0 Å². The van der Waals surface area contributed by atoms with Gasteiger partial charge in [-0.05, 0) is 18.1 Å². The molecule has 1 aromatic carbocycles. The molecule has 0 saturated heterocycles. The zero-order valence-corrected chi connectivity index (χ0v) is 8.09. The minimum atomic E-state index is 0.747. The SMILES string of the molecule is CCC=Nc1ccccc1CS. The highest BCUT2D eigenvalue weighted by atomic mass is 32.1. The maximum absolute atomic E-state index is 4.32. The monoisotopic (exact) mass is 179 g/mol. The minimum Gasteiger partial charge on any atom is -0.261 e. The number of para-hydroxylation sites is 1. The smallest absolute Gasteiger partial charge is 0.0665 e. The summed E-state index contributed by atoms with van der Waals surface area (Å²) in [6.45, 7) is 2.08. The van der Waals surface area contributed by atoms with Gasteiger partial charge in [-0.25, -0.2) is 0 Å². The maximum Gasteiger partial charge on any atom is 0.0665 e. The lowest BCUT2D eigenvalue weighted by atomic mass is 10.2. The van der Waals surface area contributed by atoms with E-state index in [1.807, 2.05) is 24.4 Å². The minimum absolute atomic E-state index is 0.747. The van der Waals surface area contributed by atoms with Crippen molar-refractivity contribution in [3.05, 3.63) is 29.8 Å². The molecule has 64 valence electrons. The highest BCUT2D eigenvalue weighted by Gasteiger charge is 1.94. The zero-order valence-electron chi connectivity index (χ0n) is 7.20. The fourth-order valence-corrected chi connectivity index (χ4v) is 1.23. The van der Waals surface area contributed by atoms with Crippen LogP contribution in [0.15, 0.2) is 29.3 Å². The highest BCUT2D eigenvalue weighted by molar-refractivity contribution is 7.79. The first-order valence-electron chi connectivity index (χ1n) is 4.09. The Kier molecular flexibility index (Phi) is 3.88. The van der Waals surface area contributed by atoms with Crippen LogP contribution in [0.3, 0.4) is 0 Å². The van der Waals surface area contributed by atoms with E-state index in [1.54, 1.807) is 0 Å². The summed E-state index contributed by atoms with van der Waals surface area (Å²) in [5.41, 5.74) is 2.22. The Morgan fingerprint density at radius 3 is 2.83 bits per heavy atom. The molecule has 12 heavy (non-hydrogen) atoms. The van der Waals surface area contributed by atoms with Crippen LogP contribution in [0.1, 0.15) is 18.9 Å². The van der Waals surface area contributed by atoms with Crippen molar-refractivity contribution in [3.8, 4) is 0 Å². The molecule has 0 N–H and O–H groups in total. The molecular weight excluding hydrogens is 166 g/mol. The van der Waals surface area contributed by atoms with Crippen LogP contribution in [0.5, 0.6) is 0 Å². The predicted octanol–water partition coefficient (Wildman–Crippen LogP) is 3.23. The van der Waals surface area contributed by atoms with E-state index in [1.165, 1.54) is 5.56 Å². The molecule has 2 heteroatoms. The number of aliphatic imine (C=N–C) groups is 1. The van der Waals surface area contributed by atoms with Crippen molar-refractivity contribution in [1.82, 2.24) is 0 Å². The molecule has 0 unspecified atom stereocenters. The summed E-state index contributed by atoms with van der Waals surface area (Å²) in [5.74, 6) is 0.747. The van der Waals surface area contributed by atoms with Crippen molar-refractivity contribution >= 4 is 24.5 Å². The van der Waals surface area contributed by atoms with E-state index >= 15 is 0 Å². The van der Waals surface area contributed by atoms with Crippen LogP contribution in [0, 0.1) is 0 Å². The lowest BCUT2D eigenvalue weighted by molar-refractivity contribution is 1.30. The van der Waals surface area contributed by atoms with Crippen LogP contribution in [0.2, 0.25) is 0 Å². The molecule has 0 aliphatic rings. The van der Waals surface area contributed by atoms with Crippen LogP contribution in [0.25, 0.3) is 0 Å². The average molecular weight is 179 g/mol. The summed E-state index contributed by atoms with van der Waals surface area (Å²) in [7, 11) is 0. The molecule has 0 saturated carbocycles. The fraction of sp³-hybridized carbons (Fsp3) is 0.300. The van der Waals surface area contributed by atoms with Crippen molar-refractivity contribution in [3.63, 3.8) is 0 Å². The Hall–Kier alpha value is -0.760. The first-order valence-corrected chi connectivity index (χ1v) is 4.73. The Morgan fingerprint density at radius 1 is 1.42 bits per heavy atom. The van der Waals surface area contributed by atoms with Crippen molar-refractivity contribution in [1.29, 1.82) is 0 Å². The van der Waals surface area contributed by atoms with Gasteiger partial charge < -0.3 is 0 Å². The summed E-state index contributed by atoms with van der Waals surface area (Å²) in [6.07, 6.45) is 2.89. The quantitative estimate of drug-likeness (QED) is 0.540. The molecule has 0 bridgehead atoms. The van der Waals surface area contributed by atoms with Gasteiger partial charge in [0.05, 0.1) is 5.69 Å². The molecule has 0 heterocycles. The molecule has 0 fully saturated rings. The van der Waals surface area contributed by atoms with Gasteiger partial charge in [0.15, 0.2) is 0 Å². The summed E-state index contributed by atoms with van der Waals surface area (Å²) in [4.78, 5) is 4.32. The van der Waals surface area contributed by atoms with Gasteiger partial charge in [-0.1, -0.05) is 25.1 Å². The third kappa shape index (κ3) is 2.38. The largest absolute Gasteiger partial charge is 0.261 e. The Balaban J connectivity index is 2.89. The molecule has 0 radical (unpaired) electrons. The van der Waals surface area contributed by atoms with Gasteiger partial charge in [-0.15, -0.1) is 0 Å². The lowest BCUT2D eigenvalue weighted by Gasteiger charge is -1.99. The van der Waals surface area contributed by atoms with Crippen LogP contribution in [-0.4, -0.2) is 6.21 Å². The van der Waals surface area contributed by atoms with Crippen LogP contribution in [-0.2, 0) is 5.75 Å². The standard InChI is InChI=1S/C10H13NS/c1-2-7-11-10-6-4-3-5-9(10)8-12/h3-7,12H,2,8H2,1H3. The van der Waals surface area contributed by atoms with Gasteiger partial charge in [-0.2, -0.15) is 12.6 Å². The average Bonchev–Trinajstić information content (AvgIpc) is 2.15. The molecule has 0 spiro atoms. The van der Waals surface area contributed by atoms with E-state index in [-0.39, 0.29) is 0 Å². The first-order chi connectivity index (χ1) is 5.88. The third-order valence-electron chi connectivity index (χ3n) is 1.57. The number of thiol groups is 1. The Morgan fingerprint density at radius 2 is 2.17 bits per heavy atom. The van der Waals surface area contributed by atoms with Crippen LogP contribution < -0.4 is 0 Å². The highest BCUT2D eigenvalue weighted by Crippen LogP contribution is 2.19. The molecule has 1 rings (SSSR count). The van der Waals surface area contributed by atoms with E-state index in [2.05, 4.69) is 30.6 Å². The molecule has 0 aliphatic heterocycles. The normalized spacial score (nSPS) is 10.8. The topological polar surface area (TPSA) is 12.4 Å². The van der Waals surface area contributed by atoms with Gasteiger partial charge in [0.1, 0.15) is 0 Å². The van der Waals surface area contributed by atoms with Crippen molar-refractivity contribution in [2.45, 2.75) is 19.1 Å². The summed E-state index contributed by atoms with van der Waals surface area (Å²) < 4.78 is 0. The molecular formula is C10H13NS. The first kappa shape index (κ1) is 9.33. The second-order valence-corrected chi connectivity index (χ2v) is 2.82. The van der Waals surface area contributed by atoms with Gasteiger partial charge in [0, 0.05) is 12.0 Å². The maximum atomic E-state index is 4.32. The van der Waals surface area contributed by atoms with Gasteiger partial charge in [0.25, 0.3) is 0 Å². The number of benzene rings is 1. The molecule has 1 nitrogen and oxygen atoms in total. The molecule has 0 aliphatic carbocycles. The van der Waals surface area contributed by atoms with Crippen LogP contribution >= 0.6 is 12.6 Å². The van der Waals surface area contributed by atoms with E-state index in [0.717, 1.165) is 17.9 Å². The Labute approximate surface area is 78.9 Å². The number of nitrogens with zero attached hydrogens (tertiary/aromatic N) is 1. The lowest BCUT2D eigenvalue weighted by Crippen LogP contribution is -1.78. The van der Waals surface area contributed by atoms with E-state index in [9.17, 15) is 0 Å². The number of rotatable bonds is 3. The Bertz CT molecular complexity index is 268. The molecule has 0 atom stereocenters. The van der Waals surface area contributed by atoms with Gasteiger partial charge >= 0.3 is 0 Å². The summed E-state index contributed by atoms with van der Waals surface area (Å²) in [5, 5.41) is 0.